The Hall–Kier alpha value is -0.465. The molecule has 0 aromatic heterocycles. The van der Waals surface area contributed by atoms with E-state index in [2.05, 4.69) is 0 Å². The van der Waals surface area contributed by atoms with Crippen molar-refractivity contribution in [3.05, 3.63) is 11.3 Å². The molecular weight excluding hydrogens is 178 g/mol. The van der Waals surface area contributed by atoms with E-state index in [1.807, 2.05) is 34.6 Å². The monoisotopic (exact) mass is 200 g/mol. The van der Waals surface area contributed by atoms with Gasteiger partial charge in [-0.15, -0.1) is 0 Å². The predicted octanol–water partition coefficient (Wildman–Crippen LogP) is 2.66. The van der Waals surface area contributed by atoms with Crippen molar-refractivity contribution in [1.29, 1.82) is 0 Å². The van der Waals surface area contributed by atoms with Crippen LogP contribution < -0.4 is 0 Å². The van der Waals surface area contributed by atoms with Gasteiger partial charge in [0.1, 0.15) is 0 Å². The zero-order chi connectivity index (χ0) is 11.4. The van der Waals surface area contributed by atoms with Crippen molar-refractivity contribution >= 4 is 7.85 Å². The molecule has 1 atom stereocenters. The van der Waals surface area contributed by atoms with E-state index in [1.54, 1.807) is 7.85 Å². The molecule has 1 nitrogen and oxygen atoms in total. The highest BCUT2D eigenvalue weighted by molar-refractivity contribution is 6.16. The van der Waals surface area contributed by atoms with Gasteiger partial charge in [-0.05, 0) is 25.8 Å². The summed E-state index contributed by atoms with van der Waals surface area (Å²) >= 11 is 0. The minimum absolute atomic E-state index is 0.247. The Morgan fingerprint density at radius 2 is 1.93 bits per heavy atom. The van der Waals surface area contributed by atoms with Gasteiger partial charge in [0.05, 0.1) is 17.9 Å². The second kappa shape index (κ2) is 5.42. The molecule has 0 heterocycles. The van der Waals surface area contributed by atoms with E-state index in [-0.39, 0.29) is 5.92 Å². The molecule has 82 valence electrons. The fraction of sp³-hybridized carbons (Fsp3) is 0.818. The molecule has 3 heteroatoms. The van der Waals surface area contributed by atoms with Crippen LogP contribution in [0.2, 0.25) is 0 Å². The molecule has 0 aromatic carbocycles. The Kier molecular flexibility index (Phi) is 5.24. The Morgan fingerprint density at radius 3 is 2.21 bits per heavy atom. The molecule has 0 amide bonds. The van der Waals surface area contributed by atoms with Gasteiger partial charge < -0.3 is 4.74 Å². The normalized spacial score (nSPS) is 17.6. The zero-order valence-corrected chi connectivity index (χ0v) is 10.3. The molecule has 0 saturated carbocycles. The highest BCUT2D eigenvalue weighted by atomic mass is 19.1. The van der Waals surface area contributed by atoms with Crippen LogP contribution in [0, 0.1) is 5.92 Å². The van der Waals surface area contributed by atoms with Crippen molar-refractivity contribution in [2.45, 2.75) is 46.6 Å². The molecule has 0 saturated heterocycles. The molecule has 0 aromatic rings. The Balaban J connectivity index is 4.98. The van der Waals surface area contributed by atoms with Crippen LogP contribution in [0.4, 0.5) is 4.39 Å². The van der Waals surface area contributed by atoms with Crippen LogP contribution in [0.15, 0.2) is 11.3 Å². The van der Waals surface area contributed by atoms with Crippen LogP contribution >= 0.6 is 0 Å². The van der Waals surface area contributed by atoms with Crippen LogP contribution in [0.25, 0.3) is 0 Å². The van der Waals surface area contributed by atoms with Gasteiger partial charge in [0, 0.05) is 5.92 Å². The van der Waals surface area contributed by atoms with E-state index >= 15 is 0 Å². The topological polar surface area (TPSA) is 9.23 Å². The zero-order valence-electron chi connectivity index (χ0n) is 10.3. The first kappa shape index (κ1) is 13.5. The van der Waals surface area contributed by atoms with E-state index in [1.165, 1.54) is 0 Å². The van der Waals surface area contributed by atoms with E-state index in [0.29, 0.717) is 13.0 Å². The number of rotatable bonds is 5. The summed E-state index contributed by atoms with van der Waals surface area (Å²) in [5.74, 6) is 1.05. The van der Waals surface area contributed by atoms with Crippen LogP contribution in [-0.4, -0.2) is 20.0 Å². The van der Waals surface area contributed by atoms with Crippen molar-refractivity contribution in [3.8, 4) is 0 Å². The van der Waals surface area contributed by atoms with Gasteiger partial charge in [0.2, 0.25) is 0 Å². The molecule has 0 fully saturated rings. The lowest BCUT2D eigenvalue weighted by molar-refractivity contribution is 0.183. The summed E-state index contributed by atoms with van der Waals surface area (Å²) in [5, 5.41) is 0. The lowest BCUT2D eigenvalue weighted by Gasteiger charge is -2.25. The third-order valence-corrected chi connectivity index (χ3v) is 2.64. The average Bonchev–Trinajstić information content (AvgIpc) is 2.12. The molecule has 0 aliphatic rings. The van der Waals surface area contributed by atoms with Gasteiger partial charge in [-0.3, -0.25) is 0 Å². The van der Waals surface area contributed by atoms with Crippen LogP contribution in [0.5, 0.6) is 0 Å². The second-order valence-electron chi connectivity index (χ2n) is 4.13. The first-order valence-corrected chi connectivity index (χ1v) is 5.39. The molecule has 1 unspecified atom stereocenters. The molecule has 0 aliphatic heterocycles. The number of allylic oxidation sites excluding steroid dienone is 2. The lowest BCUT2D eigenvalue weighted by atomic mass is 9.74. The Bertz CT molecular complexity index is 209. The van der Waals surface area contributed by atoms with Crippen LogP contribution in [0.1, 0.15) is 41.0 Å². The highest BCUT2D eigenvalue weighted by Gasteiger charge is 2.27. The summed E-state index contributed by atoms with van der Waals surface area (Å²) in [4.78, 5) is 0. The van der Waals surface area contributed by atoms with E-state index in [4.69, 9.17) is 4.74 Å². The summed E-state index contributed by atoms with van der Waals surface area (Å²) in [5.41, 5.74) is -0.508. The number of alkyl halides is 1. The molecule has 0 aliphatic carbocycles. The largest absolute Gasteiger partial charge is 0.498 e. The summed E-state index contributed by atoms with van der Waals surface area (Å²) < 4.78 is 19.5. The summed E-state index contributed by atoms with van der Waals surface area (Å²) in [7, 11) is 1.61. The van der Waals surface area contributed by atoms with Crippen molar-refractivity contribution in [2.75, 3.05) is 6.61 Å². The van der Waals surface area contributed by atoms with Gasteiger partial charge in [-0.25, -0.2) is 4.39 Å². The van der Waals surface area contributed by atoms with Gasteiger partial charge in [-0.1, -0.05) is 20.8 Å². The predicted molar refractivity (Wildman–Crippen MR) is 61.8 cm³/mol. The first-order chi connectivity index (χ1) is 6.36. The average molecular weight is 200 g/mol. The Morgan fingerprint density at radius 1 is 1.43 bits per heavy atom. The fourth-order valence-electron chi connectivity index (χ4n) is 1.39. The van der Waals surface area contributed by atoms with Gasteiger partial charge in [0.15, 0.2) is 7.85 Å². The van der Waals surface area contributed by atoms with Crippen molar-refractivity contribution in [1.82, 2.24) is 0 Å². The summed E-state index contributed by atoms with van der Waals surface area (Å²) in [6.07, 6.45) is 0.488. The molecule has 0 N–H and O–H groups in total. The van der Waals surface area contributed by atoms with E-state index in [0.717, 1.165) is 11.3 Å². The number of hydrogen-bond acceptors (Lipinski definition) is 1. The third-order valence-electron chi connectivity index (χ3n) is 2.64. The van der Waals surface area contributed by atoms with Gasteiger partial charge in [-0.2, -0.15) is 0 Å². The van der Waals surface area contributed by atoms with Crippen molar-refractivity contribution in [3.63, 3.8) is 0 Å². The molecule has 0 rings (SSSR count). The third kappa shape index (κ3) is 3.35. The molecule has 14 heavy (non-hydrogen) atoms. The molecule has 0 radical (unpaired) electrons. The van der Waals surface area contributed by atoms with Gasteiger partial charge in [0.25, 0.3) is 0 Å². The summed E-state index contributed by atoms with van der Waals surface area (Å²) in [6, 6.07) is 0. The molecular formula is C11H22BFO. The maximum atomic E-state index is 14.0. The maximum Gasteiger partial charge on any atom is 0.155 e. The summed E-state index contributed by atoms with van der Waals surface area (Å²) in [6.45, 7) is 10.3. The number of halogens is 1. The molecule has 0 bridgehead atoms. The lowest BCUT2D eigenvalue weighted by Crippen LogP contribution is -2.26. The Labute approximate surface area is 88.1 Å². The second-order valence-corrected chi connectivity index (χ2v) is 4.13. The van der Waals surface area contributed by atoms with E-state index < -0.39 is 5.57 Å². The SMILES string of the molecule is BC(F)(CC)/C(C)=C(\OCC)C(C)C. The standard InChI is InChI=1S/C11H22BFO/c1-6-11(12,13)9(5)10(8(3)4)14-7-2/h8H,6-7,12H2,1-5H3/b10-9-. The van der Waals surface area contributed by atoms with Crippen molar-refractivity contribution in [2.24, 2.45) is 5.92 Å². The fourth-order valence-corrected chi connectivity index (χ4v) is 1.39. The van der Waals surface area contributed by atoms with Crippen LogP contribution in [-0.2, 0) is 4.74 Å². The maximum absolute atomic E-state index is 14.0. The number of hydrogen-bond donors (Lipinski definition) is 0. The molecule has 0 spiro atoms. The van der Waals surface area contributed by atoms with Gasteiger partial charge >= 0.3 is 0 Å². The quantitative estimate of drug-likeness (QED) is 0.489. The minimum atomic E-state index is -1.24. The number of ether oxygens (including phenoxy) is 1. The van der Waals surface area contributed by atoms with E-state index in [9.17, 15) is 4.39 Å². The first-order valence-electron chi connectivity index (χ1n) is 5.39. The van der Waals surface area contributed by atoms with Crippen LogP contribution in [0.3, 0.4) is 0 Å². The highest BCUT2D eigenvalue weighted by Crippen LogP contribution is 2.28. The minimum Gasteiger partial charge on any atom is -0.498 e. The smallest absolute Gasteiger partial charge is 0.155 e. The van der Waals surface area contributed by atoms with Crippen molar-refractivity contribution < 1.29 is 9.13 Å².